The van der Waals surface area contributed by atoms with Crippen LogP contribution >= 0.6 is 0 Å². The number of hydrogen-bond acceptors (Lipinski definition) is 5. The first-order chi connectivity index (χ1) is 19.9. The Morgan fingerprint density at radius 3 is 2.21 bits per heavy atom. The topological polar surface area (TPSA) is 81.0 Å². The summed E-state index contributed by atoms with van der Waals surface area (Å²) < 4.78 is 28.5. The summed E-state index contributed by atoms with van der Waals surface area (Å²) in [6.07, 6.45) is 6.70. The van der Waals surface area contributed by atoms with Gasteiger partial charge in [-0.15, -0.1) is 0 Å². The highest BCUT2D eigenvalue weighted by Crippen LogP contribution is 2.42. The van der Waals surface area contributed by atoms with E-state index in [-0.39, 0.29) is 29.3 Å². The third-order valence-electron chi connectivity index (χ3n) is 8.54. The average molecular weight is 577 g/mol. The number of rotatable bonds is 7. The van der Waals surface area contributed by atoms with Gasteiger partial charge in [-0.3, -0.25) is 9.59 Å². The zero-order valence-electron chi connectivity index (χ0n) is 25.2. The van der Waals surface area contributed by atoms with Crippen molar-refractivity contribution in [3.63, 3.8) is 0 Å². The number of benzene rings is 2. The van der Waals surface area contributed by atoms with Gasteiger partial charge in [-0.2, -0.15) is 0 Å². The Balaban J connectivity index is 1.49. The maximum Gasteiger partial charge on any atom is 0.254 e. The van der Waals surface area contributed by atoms with Crippen LogP contribution in [0.1, 0.15) is 69.1 Å². The zero-order valence-corrected chi connectivity index (χ0v) is 25.2. The summed E-state index contributed by atoms with van der Waals surface area (Å²) in [6, 6.07) is 9.79. The van der Waals surface area contributed by atoms with E-state index in [4.69, 9.17) is 9.47 Å². The van der Waals surface area contributed by atoms with E-state index in [9.17, 15) is 19.1 Å². The van der Waals surface area contributed by atoms with Gasteiger partial charge in [-0.1, -0.05) is 6.07 Å². The first-order valence-corrected chi connectivity index (χ1v) is 14.9. The molecule has 0 atom stereocenters. The molecule has 1 N–H and O–H groups in total. The summed E-state index contributed by atoms with van der Waals surface area (Å²) >= 11 is 0. The fourth-order valence-corrected chi connectivity index (χ4v) is 6.09. The number of aryl methyl sites for hydroxylation is 3. The van der Waals surface area contributed by atoms with Crippen LogP contribution in [0.15, 0.2) is 47.4 Å². The number of carbonyl (C=O) groups is 1. The monoisotopic (exact) mass is 576 g/mol. The molecule has 0 radical (unpaired) electrons. The van der Waals surface area contributed by atoms with E-state index in [1.165, 1.54) is 22.8 Å². The normalized spacial score (nSPS) is 19.2. The van der Waals surface area contributed by atoms with Crippen molar-refractivity contribution in [2.45, 2.75) is 77.9 Å². The Labute approximate surface area is 246 Å². The van der Waals surface area contributed by atoms with E-state index in [0.29, 0.717) is 45.1 Å². The molecule has 1 aliphatic heterocycles. The molecule has 1 saturated carbocycles. The van der Waals surface area contributed by atoms with E-state index in [2.05, 4.69) is 0 Å². The maximum atomic E-state index is 14.0. The van der Waals surface area contributed by atoms with Crippen LogP contribution in [-0.4, -0.2) is 39.7 Å². The van der Waals surface area contributed by atoms with Crippen LogP contribution in [0.4, 0.5) is 4.39 Å². The first kappa shape index (κ1) is 29.8. The largest absolute Gasteiger partial charge is 0.490 e. The maximum absolute atomic E-state index is 14.0. The molecule has 224 valence electrons. The number of aromatic nitrogens is 1. The molecular formula is C34H41FN2O5. The van der Waals surface area contributed by atoms with Crippen LogP contribution in [0.3, 0.4) is 0 Å². The fraction of sp³-hybridized carbons (Fsp3) is 0.471. The van der Waals surface area contributed by atoms with E-state index < -0.39 is 5.60 Å². The molecule has 2 fully saturated rings. The number of pyridine rings is 1. The molecule has 2 aromatic carbocycles. The molecule has 1 aromatic heterocycles. The van der Waals surface area contributed by atoms with Crippen molar-refractivity contribution < 1.29 is 23.8 Å². The minimum absolute atomic E-state index is 0.0247. The second-order valence-electron chi connectivity index (χ2n) is 12.4. The molecule has 1 saturated heterocycles. The SMILES string of the molecule is Cc1cc(F)cc(C)c1Oc1ccc(C(C)(C)O)cc1-c1cn(C)c(=O)cc1O[C@H]1CC[C@@H](C(=O)N2CCCC2)CC1. The molecule has 5 rings (SSSR count). The summed E-state index contributed by atoms with van der Waals surface area (Å²) in [5, 5.41) is 10.8. The summed E-state index contributed by atoms with van der Waals surface area (Å²) in [4.78, 5) is 27.7. The predicted molar refractivity (Wildman–Crippen MR) is 160 cm³/mol. The number of hydrogen-bond donors (Lipinski definition) is 1. The number of amides is 1. The smallest absolute Gasteiger partial charge is 0.254 e. The standard InChI is InChI=1S/C34H41FN2O5/c1-21-16-25(35)17-22(2)32(21)42-29-13-10-24(34(3,4)40)18-27(29)28-20-36(5)31(38)19-30(28)41-26-11-8-23(9-12-26)33(39)37-14-6-7-15-37/h10,13,16-20,23,26,40H,6-9,11-12,14-15H2,1-5H3/t23-,26+. The van der Waals surface area contributed by atoms with Gasteiger partial charge in [0.2, 0.25) is 5.91 Å². The number of ether oxygens (including phenoxy) is 2. The summed E-state index contributed by atoms with van der Waals surface area (Å²) in [7, 11) is 1.68. The molecule has 2 heterocycles. The molecule has 1 aliphatic carbocycles. The van der Waals surface area contributed by atoms with Crippen LogP contribution in [-0.2, 0) is 17.4 Å². The van der Waals surface area contributed by atoms with Crippen molar-refractivity contribution in [1.29, 1.82) is 0 Å². The van der Waals surface area contributed by atoms with Crippen LogP contribution in [0.5, 0.6) is 17.2 Å². The lowest BCUT2D eigenvalue weighted by Crippen LogP contribution is -2.37. The Morgan fingerprint density at radius 2 is 1.60 bits per heavy atom. The van der Waals surface area contributed by atoms with Crippen LogP contribution in [0.25, 0.3) is 11.1 Å². The number of halogens is 1. The summed E-state index contributed by atoms with van der Waals surface area (Å²) in [5.41, 5.74) is 1.92. The highest BCUT2D eigenvalue weighted by molar-refractivity contribution is 5.79. The van der Waals surface area contributed by atoms with Crippen LogP contribution in [0, 0.1) is 25.6 Å². The fourth-order valence-electron chi connectivity index (χ4n) is 6.09. The Hall–Kier alpha value is -3.65. The quantitative estimate of drug-likeness (QED) is 0.353. The lowest BCUT2D eigenvalue weighted by Gasteiger charge is -2.31. The van der Waals surface area contributed by atoms with Gasteiger partial charge in [0.05, 0.1) is 11.7 Å². The van der Waals surface area contributed by atoms with Crippen LogP contribution in [0.2, 0.25) is 0 Å². The van der Waals surface area contributed by atoms with Gasteiger partial charge in [0.25, 0.3) is 5.56 Å². The van der Waals surface area contributed by atoms with Gasteiger partial charge >= 0.3 is 0 Å². The Bertz CT molecular complexity index is 1500. The van der Waals surface area contributed by atoms with Crippen molar-refractivity contribution in [3.8, 4) is 28.4 Å². The third kappa shape index (κ3) is 6.38. The van der Waals surface area contributed by atoms with Gasteiger partial charge in [-0.05, 0) is 107 Å². The van der Waals surface area contributed by atoms with Crippen LogP contribution < -0.4 is 15.0 Å². The highest BCUT2D eigenvalue weighted by Gasteiger charge is 2.32. The van der Waals surface area contributed by atoms with Gasteiger partial charge in [0, 0.05) is 49.4 Å². The highest BCUT2D eigenvalue weighted by atomic mass is 19.1. The number of nitrogens with zero attached hydrogens (tertiary/aromatic N) is 2. The number of aliphatic hydroxyl groups is 1. The van der Waals surface area contributed by atoms with Gasteiger partial charge < -0.3 is 24.0 Å². The van der Waals surface area contributed by atoms with Crippen molar-refractivity contribution in [2.24, 2.45) is 13.0 Å². The van der Waals surface area contributed by atoms with E-state index in [1.54, 1.807) is 53.1 Å². The molecule has 42 heavy (non-hydrogen) atoms. The van der Waals surface area contributed by atoms with E-state index >= 15 is 0 Å². The first-order valence-electron chi connectivity index (χ1n) is 14.9. The lowest BCUT2D eigenvalue weighted by molar-refractivity contribution is -0.136. The van der Waals surface area contributed by atoms with Gasteiger partial charge in [0.1, 0.15) is 23.1 Å². The number of carbonyl (C=O) groups excluding carboxylic acids is 1. The minimum Gasteiger partial charge on any atom is -0.490 e. The molecule has 0 bridgehead atoms. The molecule has 0 unspecified atom stereocenters. The van der Waals surface area contributed by atoms with Crippen molar-refractivity contribution in [2.75, 3.05) is 13.1 Å². The molecular weight excluding hydrogens is 535 g/mol. The lowest BCUT2D eigenvalue weighted by atomic mass is 9.86. The van der Waals surface area contributed by atoms with Gasteiger partial charge in [0.15, 0.2) is 0 Å². The predicted octanol–water partition coefficient (Wildman–Crippen LogP) is 6.39. The third-order valence-corrected chi connectivity index (χ3v) is 8.54. The second-order valence-corrected chi connectivity index (χ2v) is 12.4. The van der Waals surface area contributed by atoms with Crippen molar-refractivity contribution >= 4 is 5.91 Å². The van der Waals surface area contributed by atoms with E-state index in [1.807, 2.05) is 11.0 Å². The zero-order chi connectivity index (χ0) is 30.2. The summed E-state index contributed by atoms with van der Waals surface area (Å²) in [5.74, 6) is 1.41. The molecule has 3 aromatic rings. The molecule has 2 aliphatic rings. The van der Waals surface area contributed by atoms with Crippen molar-refractivity contribution in [1.82, 2.24) is 9.47 Å². The Morgan fingerprint density at radius 1 is 0.952 bits per heavy atom. The minimum atomic E-state index is -1.13. The summed E-state index contributed by atoms with van der Waals surface area (Å²) in [6.45, 7) is 8.72. The van der Waals surface area contributed by atoms with Gasteiger partial charge in [-0.25, -0.2) is 4.39 Å². The molecule has 8 heteroatoms. The number of likely N-dealkylation sites (tertiary alicyclic amines) is 1. The Kier molecular flexibility index (Phi) is 8.46. The molecule has 0 spiro atoms. The molecule has 1 amide bonds. The average Bonchev–Trinajstić information content (AvgIpc) is 3.47. The van der Waals surface area contributed by atoms with E-state index in [0.717, 1.165) is 51.6 Å². The second kappa shape index (κ2) is 11.9. The van der Waals surface area contributed by atoms with Crippen molar-refractivity contribution in [3.05, 3.63) is 75.5 Å². The molecule has 7 nitrogen and oxygen atoms in total.